The molecule has 0 saturated carbocycles. The van der Waals surface area contributed by atoms with Gasteiger partial charge in [0.1, 0.15) is 5.82 Å². The molecule has 1 fully saturated rings. The van der Waals surface area contributed by atoms with Crippen molar-refractivity contribution in [3.05, 3.63) is 59.2 Å². The summed E-state index contributed by atoms with van der Waals surface area (Å²) in [6, 6.07) is 12.8. The first-order valence-corrected chi connectivity index (χ1v) is 9.19. The molecule has 2 N–H and O–H groups in total. The van der Waals surface area contributed by atoms with Gasteiger partial charge >= 0.3 is 6.03 Å². The van der Waals surface area contributed by atoms with Crippen LogP contribution in [0.3, 0.4) is 0 Å². The quantitative estimate of drug-likeness (QED) is 0.821. The number of hydrogen-bond acceptors (Lipinski definition) is 4. The Kier molecular flexibility index (Phi) is 6.49. The average Bonchev–Trinajstić information content (AvgIpc) is 2.72. The number of pyridine rings is 1. The van der Waals surface area contributed by atoms with E-state index >= 15 is 0 Å². The highest BCUT2D eigenvalue weighted by atomic mass is 35.5. The van der Waals surface area contributed by atoms with Crippen molar-refractivity contribution in [2.75, 3.05) is 37.6 Å². The van der Waals surface area contributed by atoms with Crippen LogP contribution < -0.4 is 15.5 Å². The van der Waals surface area contributed by atoms with E-state index in [1.165, 1.54) is 0 Å². The molecular weight excluding hydrogens is 366 g/mol. The summed E-state index contributed by atoms with van der Waals surface area (Å²) < 4.78 is 0. The molecule has 1 aromatic carbocycles. The number of hydrogen-bond donors (Lipinski definition) is 2. The number of aromatic nitrogens is 1. The summed E-state index contributed by atoms with van der Waals surface area (Å²) in [7, 11) is 0. The van der Waals surface area contributed by atoms with Crippen LogP contribution in [0.2, 0.25) is 5.02 Å². The Labute approximate surface area is 163 Å². The zero-order valence-electron chi connectivity index (χ0n) is 14.9. The fraction of sp³-hybridized carbons (Fsp3) is 0.316. The van der Waals surface area contributed by atoms with Crippen molar-refractivity contribution < 1.29 is 9.59 Å². The predicted octanol–water partition coefficient (Wildman–Crippen LogP) is 1.88. The molecule has 1 aliphatic heterocycles. The van der Waals surface area contributed by atoms with Crippen LogP contribution in [0.5, 0.6) is 0 Å². The van der Waals surface area contributed by atoms with E-state index in [2.05, 4.69) is 20.5 Å². The molecule has 8 heteroatoms. The van der Waals surface area contributed by atoms with E-state index < -0.39 is 0 Å². The first kappa shape index (κ1) is 19.0. The van der Waals surface area contributed by atoms with Crippen LogP contribution in [0.1, 0.15) is 5.56 Å². The Balaban J connectivity index is 1.37. The Morgan fingerprint density at radius 3 is 2.41 bits per heavy atom. The minimum Gasteiger partial charge on any atom is -0.353 e. The molecule has 0 atom stereocenters. The fourth-order valence-corrected chi connectivity index (χ4v) is 2.94. The zero-order valence-corrected chi connectivity index (χ0v) is 15.7. The monoisotopic (exact) mass is 387 g/mol. The summed E-state index contributed by atoms with van der Waals surface area (Å²) in [5.41, 5.74) is 0.949. The number of carbonyl (C=O) groups is 2. The van der Waals surface area contributed by atoms with Crippen molar-refractivity contribution in [2.45, 2.75) is 6.54 Å². The molecule has 1 aromatic heterocycles. The number of urea groups is 1. The van der Waals surface area contributed by atoms with Crippen LogP contribution >= 0.6 is 11.6 Å². The lowest BCUT2D eigenvalue weighted by molar-refractivity contribution is -0.120. The summed E-state index contributed by atoms with van der Waals surface area (Å²) in [5, 5.41) is 6.10. The van der Waals surface area contributed by atoms with Gasteiger partial charge in [-0.2, -0.15) is 0 Å². The Bertz CT molecular complexity index is 761. The van der Waals surface area contributed by atoms with E-state index in [4.69, 9.17) is 11.6 Å². The van der Waals surface area contributed by atoms with E-state index in [1.54, 1.807) is 23.2 Å². The van der Waals surface area contributed by atoms with E-state index in [9.17, 15) is 9.59 Å². The normalized spacial score (nSPS) is 14.0. The number of rotatable bonds is 5. The molecule has 0 unspecified atom stereocenters. The number of carbonyl (C=O) groups excluding carboxylic acids is 2. The maximum Gasteiger partial charge on any atom is 0.317 e. The highest BCUT2D eigenvalue weighted by Crippen LogP contribution is 2.12. The molecule has 0 spiro atoms. The third-order valence-corrected chi connectivity index (χ3v) is 4.60. The Morgan fingerprint density at radius 2 is 1.74 bits per heavy atom. The lowest BCUT2D eigenvalue weighted by Gasteiger charge is -2.35. The maximum absolute atomic E-state index is 12.2. The van der Waals surface area contributed by atoms with Crippen LogP contribution in [0, 0.1) is 0 Å². The zero-order chi connectivity index (χ0) is 19.1. The molecule has 27 heavy (non-hydrogen) atoms. The van der Waals surface area contributed by atoms with Crippen LogP contribution in [-0.2, 0) is 11.3 Å². The van der Waals surface area contributed by atoms with Gasteiger partial charge < -0.3 is 20.4 Å². The molecule has 7 nitrogen and oxygen atoms in total. The van der Waals surface area contributed by atoms with Crippen LogP contribution in [0.4, 0.5) is 10.6 Å². The van der Waals surface area contributed by atoms with Crippen molar-refractivity contribution in [1.29, 1.82) is 0 Å². The first-order chi connectivity index (χ1) is 13.1. The molecule has 2 heterocycles. The van der Waals surface area contributed by atoms with Crippen molar-refractivity contribution in [3.8, 4) is 0 Å². The number of benzene rings is 1. The van der Waals surface area contributed by atoms with Gasteiger partial charge in [0.05, 0.1) is 6.54 Å². The molecule has 3 amide bonds. The summed E-state index contributed by atoms with van der Waals surface area (Å²) >= 11 is 5.83. The predicted molar refractivity (Wildman–Crippen MR) is 105 cm³/mol. The molecule has 2 aromatic rings. The third kappa shape index (κ3) is 5.59. The lowest BCUT2D eigenvalue weighted by Crippen LogP contribution is -2.53. The fourth-order valence-electron chi connectivity index (χ4n) is 2.81. The number of amides is 3. The maximum atomic E-state index is 12.2. The van der Waals surface area contributed by atoms with Gasteiger partial charge in [-0.3, -0.25) is 4.79 Å². The van der Waals surface area contributed by atoms with Crippen molar-refractivity contribution >= 4 is 29.4 Å². The summed E-state index contributed by atoms with van der Waals surface area (Å²) in [6.45, 7) is 2.96. The summed E-state index contributed by atoms with van der Waals surface area (Å²) in [5.74, 6) is 0.685. The largest absolute Gasteiger partial charge is 0.353 e. The topological polar surface area (TPSA) is 77.6 Å². The van der Waals surface area contributed by atoms with Crippen LogP contribution in [0.25, 0.3) is 0 Å². The van der Waals surface area contributed by atoms with E-state index in [0.29, 0.717) is 37.7 Å². The standard InChI is InChI=1S/C19H22ClN5O2/c20-16-6-4-15(5-7-16)13-22-18(26)14-23-19(27)25-11-9-24(10-12-25)17-3-1-2-8-21-17/h1-8H,9-14H2,(H,22,26)(H,23,27). The highest BCUT2D eigenvalue weighted by molar-refractivity contribution is 6.30. The van der Waals surface area contributed by atoms with Gasteiger partial charge in [0.25, 0.3) is 0 Å². The third-order valence-electron chi connectivity index (χ3n) is 4.34. The molecule has 0 radical (unpaired) electrons. The van der Waals surface area contributed by atoms with Gasteiger partial charge in [0, 0.05) is 43.9 Å². The Morgan fingerprint density at radius 1 is 1.00 bits per heavy atom. The second-order valence-electron chi connectivity index (χ2n) is 6.22. The van der Waals surface area contributed by atoms with E-state index in [0.717, 1.165) is 11.4 Å². The molecule has 1 aliphatic rings. The molecule has 3 rings (SSSR count). The molecule has 1 saturated heterocycles. The molecule has 0 bridgehead atoms. The second kappa shape index (κ2) is 9.23. The highest BCUT2D eigenvalue weighted by Gasteiger charge is 2.21. The number of nitrogens with one attached hydrogen (secondary N) is 2. The van der Waals surface area contributed by atoms with Gasteiger partial charge in [-0.1, -0.05) is 29.8 Å². The van der Waals surface area contributed by atoms with Gasteiger partial charge in [-0.05, 0) is 29.8 Å². The number of piperazine rings is 1. The SMILES string of the molecule is O=C(CNC(=O)N1CCN(c2ccccn2)CC1)NCc1ccc(Cl)cc1. The number of nitrogens with zero attached hydrogens (tertiary/aromatic N) is 3. The van der Waals surface area contributed by atoms with Crippen LogP contribution in [0.15, 0.2) is 48.7 Å². The summed E-state index contributed by atoms with van der Waals surface area (Å²) in [4.78, 5) is 32.3. The Hall–Kier alpha value is -2.80. The number of anilines is 1. The van der Waals surface area contributed by atoms with Gasteiger partial charge in [-0.25, -0.2) is 9.78 Å². The minimum atomic E-state index is -0.231. The first-order valence-electron chi connectivity index (χ1n) is 8.82. The van der Waals surface area contributed by atoms with Crippen LogP contribution in [-0.4, -0.2) is 54.5 Å². The number of halogens is 1. The van der Waals surface area contributed by atoms with Gasteiger partial charge in [0.2, 0.25) is 5.91 Å². The molecule has 142 valence electrons. The van der Waals surface area contributed by atoms with E-state index in [1.807, 2.05) is 30.3 Å². The van der Waals surface area contributed by atoms with Crippen molar-refractivity contribution in [1.82, 2.24) is 20.5 Å². The molecular formula is C19H22ClN5O2. The second-order valence-corrected chi connectivity index (χ2v) is 6.66. The smallest absolute Gasteiger partial charge is 0.317 e. The van der Waals surface area contributed by atoms with Crippen molar-refractivity contribution in [3.63, 3.8) is 0 Å². The van der Waals surface area contributed by atoms with E-state index in [-0.39, 0.29) is 18.5 Å². The lowest BCUT2D eigenvalue weighted by atomic mass is 10.2. The van der Waals surface area contributed by atoms with Crippen molar-refractivity contribution in [2.24, 2.45) is 0 Å². The van der Waals surface area contributed by atoms with Gasteiger partial charge in [0.15, 0.2) is 0 Å². The minimum absolute atomic E-state index is 0.0487. The molecule has 0 aliphatic carbocycles. The summed E-state index contributed by atoms with van der Waals surface area (Å²) in [6.07, 6.45) is 1.76. The average molecular weight is 388 g/mol. The van der Waals surface area contributed by atoms with Gasteiger partial charge in [-0.15, -0.1) is 0 Å².